The highest BCUT2D eigenvalue weighted by atomic mass is 16.5. The Morgan fingerprint density at radius 1 is 1.16 bits per heavy atom. The predicted octanol–water partition coefficient (Wildman–Crippen LogP) is 4.04. The topological polar surface area (TPSA) is 26.3 Å². The van der Waals surface area contributed by atoms with Crippen molar-refractivity contribution in [3.8, 4) is 0 Å². The molecule has 0 aromatic carbocycles. The van der Waals surface area contributed by atoms with Gasteiger partial charge in [0.05, 0.1) is 0 Å². The standard InChI is InChI=1S/C17H28O2/c1-5-15(19-10(2)18)16-11-6-13-8-12(16)9-14(7-11)17(13,3)4/h11-16H,5-9H2,1-4H3. The molecule has 19 heavy (non-hydrogen) atoms. The minimum Gasteiger partial charge on any atom is -0.462 e. The molecule has 0 spiro atoms. The quantitative estimate of drug-likeness (QED) is 0.719. The summed E-state index contributed by atoms with van der Waals surface area (Å²) in [5.74, 6) is 4.03. The van der Waals surface area contributed by atoms with Gasteiger partial charge in [0, 0.05) is 12.8 Å². The van der Waals surface area contributed by atoms with E-state index in [1.54, 1.807) is 6.92 Å². The Labute approximate surface area is 117 Å². The summed E-state index contributed by atoms with van der Waals surface area (Å²) in [5.41, 5.74) is 0.557. The van der Waals surface area contributed by atoms with Crippen LogP contribution >= 0.6 is 0 Å². The molecule has 0 aliphatic heterocycles. The van der Waals surface area contributed by atoms with Gasteiger partial charge in [-0.25, -0.2) is 0 Å². The number of carbonyl (C=O) groups excluding carboxylic acids is 1. The third-order valence-corrected chi connectivity index (χ3v) is 6.69. The van der Waals surface area contributed by atoms with Gasteiger partial charge >= 0.3 is 5.97 Å². The minimum absolute atomic E-state index is 0.0963. The molecule has 2 heteroatoms. The summed E-state index contributed by atoms with van der Waals surface area (Å²) in [7, 11) is 0. The summed E-state index contributed by atoms with van der Waals surface area (Å²) in [6.07, 6.45) is 6.67. The lowest BCUT2D eigenvalue weighted by Crippen LogP contribution is -2.56. The maximum absolute atomic E-state index is 11.3. The van der Waals surface area contributed by atoms with E-state index < -0.39 is 0 Å². The predicted molar refractivity (Wildman–Crippen MR) is 75.5 cm³/mol. The average Bonchev–Trinajstić information content (AvgIpc) is 2.31. The molecule has 0 saturated heterocycles. The monoisotopic (exact) mass is 264 g/mol. The van der Waals surface area contributed by atoms with Crippen molar-refractivity contribution < 1.29 is 9.53 Å². The lowest BCUT2D eigenvalue weighted by atomic mass is 9.43. The summed E-state index contributed by atoms with van der Waals surface area (Å²) in [4.78, 5) is 11.3. The van der Waals surface area contributed by atoms with Crippen molar-refractivity contribution in [2.45, 2.75) is 65.9 Å². The molecular weight excluding hydrogens is 236 g/mol. The van der Waals surface area contributed by atoms with Crippen LogP contribution in [-0.2, 0) is 9.53 Å². The van der Waals surface area contributed by atoms with E-state index in [1.807, 2.05) is 0 Å². The first-order valence-corrected chi connectivity index (χ1v) is 8.10. The van der Waals surface area contributed by atoms with Gasteiger partial charge in [0.1, 0.15) is 6.10 Å². The van der Waals surface area contributed by atoms with E-state index in [2.05, 4.69) is 20.8 Å². The molecular formula is C17H28O2. The molecule has 0 N–H and O–H groups in total. The van der Waals surface area contributed by atoms with Gasteiger partial charge in [-0.1, -0.05) is 20.8 Å². The lowest BCUT2D eigenvalue weighted by Gasteiger charge is -2.63. The molecule has 1 atom stereocenters. The number of carbonyl (C=O) groups is 1. The van der Waals surface area contributed by atoms with Gasteiger partial charge in [0.2, 0.25) is 0 Å². The van der Waals surface area contributed by atoms with Crippen LogP contribution in [0.1, 0.15) is 59.8 Å². The number of rotatable bonds is 3. The highest BCUT2D eigenvalue weighted by Gasteiger charge is 2.57. The fourth-order valence-electron chi connectivity index (χ4n) is 5.66. The molecule has 4 fully saturated rings. The zero-order valence-electron chi connectivity index (χ0n) is 12.8. The first kappa shape index (κ1) is 13.5. The van der Waals surface area contributed by atoms with Crippen molar-refractivity contribution in [1.82, 2.24) is 0 Å². The van der Waals surface area contributed by atoms with E-state index in [-0.39, 0.29) is 12.1 Å². The third-order valence-electron chi connectivity index (χ3n) is 6.69. The van der Waals surface area contributed by atoms with Crippen LogP contribution in [0.2, 0.25) is 0 Å². The molecule has 2 nitrogen and oxygen atoms in total. The van der Waals surface area contributed by atoms with E-state index >= 15 is 0 Å². The van der Waals surface area contributed by atoms with Crippen molar-refractivity contribution in [2.24, 2.45) is 35.0 Å². The minimum atomic E-state index is -0.0963. The van der Waals surface area contributed by atoms with Crippen LogP contribution in [0.5, 0.6) is 0 Å². The van der Waals surface area contributed by atoms with Crippen molar-refractivity contribution in [2.75, 3.05) is 0 Å². The van der Waals surface area contributed by atoms with Gasteiger partial charge in [-0.05, 0) is 61.2 Å². The van der Waals surface area contributed by atoms with Crippen molar-refractivity contribution in [1.29, 1.82) is 0 Å². The molecule has 0 aromatic heterocycles. The first-order valence-electron chi connectivity index (χ1n) is 8.10. The van der Waals surface area contributed by atoms with Gasteiger partial charge in [0.15, 0.2) is 0 Å². The first-order chi connectivity index (χ1) is 8.93. The molecule has 0 amide bonds. The van der Waals surface area contributed by atoms with Gasteiger partial charge in [0.25, 0.3) is 0 Å². The Morgan fingerprint density at radius 3 is 2.00 bits per heavy atom. The second kappa shape index (κ2) is 4.49. The van der Waals surface area contributed by atoms with Crippen molar-refractivity contribution >= 4 is 5.97 Å². The van der Waals surface area contributed by atoms with E-state index in [0.29, 0.717) is 11.3 Å². The maximum atomic E-state index is 11.3. The van der Waals surface area contributed by atoms with Crippen LogP contribution in [0.15, 0.2) is 0 Å². The number of ether oxygens (including phenoxy) is 1. The third kappa shape index (κ3) is 2.02. The van der Waals surface area contributed by atoms with Gasteiger partial charge in [-0.15, -0.1) is 0 Å². The molecule has 4 saturated carbocycles. The Morgan fingerprint density at radius 2 is 1.63 bits per heavy atom. The van der Waals surface area contributed by atoms with E-state index in [4.69, 9.17) is 4.74 Å². The smallest absolute Gasteiger partial charge is 0.302 e. The van der Waals surface area contributed by atoms with Crippen LogP contribution in [-0.4, -0.2) is 12.1 Å². The number of hydrogen-bond donors (Lipinski definition) is 0. The maximum Gasteiger partial charge on any atom is 0.302 e. The summed E-state index contributed by atoms with van der Waals surface area (Å²) < 4.78 is 5.64. The molecule has 0 aromatic rings. The largest absolute Gasteiger partial charge is 0.462 e. The molecule has 4 bridgehead atoms. The summed E-state index contributed by atoms with van der Waals surface area (Å²) >= 11 is 0. The van der Waals surface area contributed by atoms with Gasteiger partial charge in [-0.2, -0.15) is 0 Å². The van der Waals surface area contributed by atoms with Crippen molar-refractivity contribution in [3.05, 3.63) is 0 Å². The molecule has 4 rings (SSSR count). The second-order valence-electron chi connectivity index (χ2n) is 7.81. The Kier molecular flexibility index (Phi) is 3.18. The summed E-state index contributed by atoms with van der Waals surface area (Å²) in [5, 5.41) is 0. The molecule has 4 aliphatic rings. The number of hydrogen-bond acceptors (Lipinski definition) is 2. The van der Waals surface area contributed by atoms with Gasteiger partial charge in [-0.3, -0.25) is 4.79 Å². The highest BCUT2D eigenvalue weighted by Crippen LogP contribution is 2.64. The fourth-order valence-corrected chi connectivity index (χ4v) is 5.66. The van der Waals surface area contributed by atoms with Gasteiger partial charge < -0.3 is 4.74 Å². The second-order valence-corrected chi connectivity index (χ2v) is 7.81. The van der Waals surface area contributed by atoms with E-state index in [1.165, 1.54) is 25.7 Å². The molecule has 108 valence electrons. The molecule has 4 aliphatic carbocycles. The van der Waals surface area contributed by atoms with Crippen LogP contribution in [0.4, 0.5) is 0 Å². The van der Waals surface area contributed by atoms with Crippen LogP contribution in [0.3, 0.4) is 0 Å². The summed E-state index contributed by atoms with van der Waals surface area (Å²) in [6.45, 7) is 8.70. The number of esters is 1. The molecule has 1 unspecified atom stereocenters. The molecule has 0 heterocycles. The Hall–Kier alpha value is -0.530. The van der Waals surface area contributed by atoms with E-state index in [9.17, 15) is 4.79 Å². The zero-order valence-corrected chi connectivity index (χ0v) is 12.8. The average molecular weight is 264 g/mol. The molecule has 0 radical (unpaired) electrons. The Bertz CT molecular complexity index is 339. The van der Waals surface area contributed by atoms with Crippen LogP contribution in [0, 0.1) is 35.0 Å². The summed E-state index contributed by atoms with van der Waals surface area (Å²) in [6, 6.07) is 0. The van der Waals surface area contributed by atoms with Crippen LogP contribution in [0.25, 0.3) is 0 Å². The van der Waals surface area contributed by atoms with E-state index in [0.717, 1.165) is 30.1 Å². The van der Waals surface area contributed by atoms with Crippen molar-refractivity contribution in [3.63, 3.8) is 0 Å². The Balaban J connectivity index is 1.79. The normalized spacial score (nSPS) is 44.1. The fraction of sp³-hybridized carbons (Fsp3) is 0.941. The highest BCUT2D eigenvalue weighted by molar-refractivity contribution is 5.66. The SMILES string of the molecule is CCC(OC(C)=O)C1C2CC3CC1CC(C2)C3(C)C. The van der Waals surface area contributed by atoms with Crippen LogP contribution < -0.4 is 0 Å². The zero-order chi connectivity index (χ0) is 13.8. The lowest BCUT2D eigenvalue weighted by molar-refractivity contribution is -0.174.